The molecule has 0 heterocycles. The largest absolute Gasteiger partial charge is 0.544 e. The van der Waals surface area contributed by atoms with Gasteiger partial charge in [0, 0.05) is 19.3 Å². The number of allylic oxidation sites excluding steroid dienone is 12. The number of ether oxygens (including phenoxy) is 3. The molecular formula is C46H77NO7. The number of carbonyl (C=O) groups excluding carboxylic acids is 3. The summed E-state index contributed by atoms with van der Waals surface area (Å²) in [6.07, 6.45) is 45.0. The van der Waals surface area contributed by atoms with Gasteiger partial charge in [-0.3, -0.25) is 9.59 Å². The Kier molecular flexibility index (Phi) is 34.5. The van der Waals surface area contributed by atoms with Crippen LogP contribution in [0, 0.1) is 0 Å². The second-order valence-corrected chi connectivity index (χ2v) is 14.8. The van der Waals surface area contributed by atoms with E-state index in [4.69, 9.17) is 14.2 Å². The minimum Gasteiger partial charge on any atom is -0.544 e. The molecule has 0 spiro atoms. The van der Waals surface area contributed by atoms with E-state index in [1.54, 1.807) is 21.1 Å². The van der Waals surface area contributed by atoms with Crippen molar-refractivity contribution in [3.05, 3.63) is 72.9 Å². The average Bonchev–Trinajstić information content (AvgIpc) is 3.12. The minimum absolute atomic E-state index is 0.0213. The molecule has 308 valence electrons. The third-order valence-electron chi connectivity index (χ3n) is 8.84. The highest BCUT2D eigenvalue weighted by Gasteiger charge is 2.25. The fourth-order valence-corrected chi connectivity index (χ4v) is 5.63. The second-order valence-electron chi connectivity index (χ2n) is 14.8. The number of esters is 2. The Balaban J connectivity index is 4.46. The lowest BCUT2D eigenvalue weighted by atomic mass is 10.1. The number of likely N-dealkylation sites (N-methyl/N-ethyl adjacent to an activating group) is 1. The van der Waals surface area contributed by atoms with Crippen molar-refractivity contribution in [2.75, 3.05) is 41.0 Å². The third kappa shape index (κ3) is 34.5. The molecule has 0 aliphatic carbocycles. The predicted molar refractivity (Wildman–Crippen MR) is 222 cm³/mol. The predicted octanol–water partition coefficient (Wildman–Crippen LogP) is 9.85. The van der Waals surface area contributed by atoms with E-state index in [2.05, 4.69) is 86.8 Å². The van der Waals surface area contributed by atoms with E-state index in [0.717, 1.165) is 83.5 Å². The summed E-state index contributed by atoms with van der Waals surface area (Å²) in [5.74, 6) is -1.80. The summed E-state index contributed by atoms with van der Waals surface area (Å²) in [5, 5.41) is 11.6. The van der Waals surface area contributed by atoms with E-state index in [1.807, 2.05) is 0 Å². The van der Waals surface area contributed by atoms with Gasteiger partial charge in [0.1, 0.15) is 12.6 Å². The highest BCUT2D eigenvalue weighted by Crippen LogP contribution is 2.13. The van der Waals surface area contributed by atoms with Crippen LogP contribution >= 0.6 is 0 Å². The molecule has 0 N–H and O–H groups in total. The lowest BCUT2D eigenvalue weighted by Crippen LogP contribution is -2.55. The number of unbranched alkanes of at least 4 members (excludes halogenated alkanes) is 10. The van der Waals surface area contributed by atoms with E-state index in [1.165, 1.54) is 25.7 Å². The maximum Gasteiger partial charge on any atom is 0.306 e. The van der Waals surface area contributed by atoms with Gasteiger partial charge < -0.3 is 28.6 Å². The van der Waals surface area contributed by atoms with E-state index in [9.17, 15) is 19.5 Å². The number of carboxylic acid groups (broad SMARTS) is 1. The molecule has 0 fully saturated rings. The van der Waals surface area contributed by atoms with Crippen molar-refractivity contribution in [1.29, 1.82) is 0 Å². The number of quaternary nitrogens is 1. The van der Waals surface area contributed by atoms with Crippen molar-refractivity contribution in [2.24, 2.45) is 0 Å². The first-order valence-electron chi connectivity index (χ1n) is 21.0. The molecule has 0 saturated heterocycles. The van der Waals surface area contributed by atoms with Gasteiger partial charge in [-0.1, -0.05) is 125 Å². The number of nitrogens with zero attached hydrogens (tertiary/aromatic N) is 1. The van der Waals surface area contributed by atoms with Gasteiger partial charge in [0.05, 0.1) is 40.3 Å². The number of rotatable bonds is 36. The molecule has 0 saturated carbocycles. The van der Waals surface area contributed by atoms with E-state index in [0.29, 0.717) is 12.8 Å². The van der Waals surface area contributed by atoms with Crippen LogP contribution in [0.15, 0.2) is 72.9 Å². The number of hydrogen-bond acceptors (Lipinski definition) is 7. The van der Waals surface area contributed by atoms with Gasteiger partial charge >= 0.3 is 11.9 Å². The minimum atomic E-state index is -1.14. The van der Waals surface area contributed by atoms with E-state index < -0.39 is 18.1 Å². The zero-order chi connectivity index (χ0) is 40.0. The normalized spacial score (nSPS) is 13.7. The molecule has 54 heavy (non-hydrogen) atoms. The topological polar surface area (TPSA) is 102 Å². The van der Waals surface area contributed by atoms with Gasteiger partial charge in [0.25, 0.3) is 0 Å². The van der Waals surface area contributed by atoms with Crippen LogP contribution < -0.4 is 5.11 Å². The first-order chi connectivity index (χ1) is 26.1. The highest BCUT2D eigenvalue weighted by molar-refractivity contribution is 5.70. The van der Waals surface area contributed by atoms with Crippen LogP contribution in [-0.4, -0.2) is 75.5 Å². The molecule has 0 aromatic carbocycles. The van der Waals surface area contributed by atoms with E-state index in [-0.39, 0.29) is 49.1 Å². The summed E-state index contributed by atoms with van der Waals surface area (Å²) in [6, 6.07) is -0.736. The van der Waals surface area contributed by atoms with Crippen LogP contribution in [0.5, 0.6) is 0 Å². The summed E-state index contributed by atoms with van der Waals surface area (Å²) < 4.78 is 17.1. The molecule has 0 bridgehead atoms. The van der Waals surface area contributed by atoms with Crippen molar-refractivity contribution in [2.45, 2.75) is 161 Å². The summed E-state index contributed by atoms with van der Waals surface area (Å²) in [4.78, 5) is 36.8. The number of carboxylic acids is 1. The third-order valence-corrected chi connectivity index (χ3v) is 8.84. The molecule has 2 atom stereocenters. The number of aliphatic carboxylic acids is 1. The molecule has 0 aliphatic rings. The van der Waals surface area contributed by atoms with Crippen molar-refractivity contribution in [1.82, 2.24) is 0 Å². The maximum atomic E-state index is 12.7. The van der Waals surface area contributed by atoms with Crippen molar-refractivity contribution in [3.8, 4) is 0 Å². The lowest BCUT2D eigenvalue weighted by molar-refractivity contribution is -0.889. The lowest BCUT2D eigenvalue weighted by Gasteiger charge is -2.34. The molecule has 2 unspecified atom stereocenters. The maximum absolute atomic E-state index is 12.7. The Morgan fingerprint density at radius 1 is 0.556 bits per heavy atom. The fraction of sp³-hybridized carbons (Fsp3) is 0.674. The first kappa shape index (κ1) is 50.8. The average molecular weight is 756 g/mol. The van der Waals surface area contributed by atoms with Crippen LogP contribution in [0.25, 0.3) is 0 Å². The van der Waals surface area contributed by atoms with Crippen molar-refractivity contribution in [3.63, 3.8) is 0 Å². The van der Waals surface area contributed by atoms with Crippen LogP contribution in [0.2, 0.25) is 0 Å². The first-order valence-corrected chi connectivity index (χ1v) is 21.0. The molecule has 0 amide bonds. The molecule has 0 rings (SSSR count). The molecule has 0 aromatic rings. The SMILES string of the molecule is CC/C=C/C/C=C/C/C=C/C/C=C/CCCCCC(=O)OC(COCCC(C(=O)[O-])[N+](C)(C)C)COC(=O)CCCCCCCCC/C=C/C/C=C/CC. The van der Waals surface area contributed by atoms with Crippen LogP contribution in [0.1, 0.15) is 149 Å². The molecule has 0 aromatic heterocycles. The fourth-order valence-electron chi connectivity index (χ4n) is 5.63. The van der Waals surface area contributed by atoms with Crippen molar-refractivity contribution >= 4 is 17.9 Å². The Morgan fingerprint density at radius 2 is 0.981 bits per heavy atom. The Labute approximate surface area is 330 Å². The van der Waals surface area contributed by atoms with Gasteiger partial charge in [-0.2, -0.15) is 0 Å². The van der Waals surface area contributed by atoms with Gasteiger partial charge in [-0.25, -0.2) is 0 Å². The van der Waals surface area contributed by atoms with E-state index >= 15 is 0 Å². The second kappa shape index (κ2) is 36.7. The van der Waals surface area contributed by atoms with Crippen LogP contribution in [-0.2, 0) is 28.6 Å². The molecular weight excluding hydrogens is 679 g/mol. The smallest absolute Gasteiger partial charge is 0.306 e. The van der Waals surface area contributed by atoms with Gasteiger partial charge in [-0.15, -0.1) is 0 Å². The summed E-state index contributed by atoms with van der Waals surface area (Å²) in [7, 11) is 5.38. The zero-order valence-corrected chi connectivity index (χ0v) is 34.9. The molecule has 8 heteroatoms. The van der Waals surface area contributed by atoms with Crippen molar-refractivity contribution < 1.29 is 38.2 Å². The Morgan fingerprint density at radius 3 is 1.46 bits per heavy atom. The standard InChI is InChI=1S/C46H77NO7/c1-6-8-10-12-14-16-18-20-22-23-25-27-29-31-33-35-37-45(49)54-42(40-52-39-38-43(46(50)51)47(3,4)5)41-53-44(48)36-34-32-30-28-26-24-21-19-17-15-13-11-9-7-2/h8-11,14-17,20,22,25,27,42-43H,6-7,12-13,18-19,21,23-24,26,28-41H2,1-5H3/b10-8+,11-9+,16-14+,17-15+,22-20+,27-25+. The monoisotopic (exact) mass is 756 g/mol. The van der Waals surface area contributed by atoms with Crippen LogP contribution in [0.3, 0.4) is 0 Å². The van der Waals surface area contributed by atoms with Gasteiger partial charge in [0.15, 0.2) is 6.10 Å². The highest BCUT2D eigenvalue weighted by atomic mass is 16.6. The molecule has 8 nitrogen and oxygen atoms in total. The molecule has 0 aliphatic heterocycles. The number of carbonyl (C=O) groups is 3. The Hall–Kier alpha value is -3.23. The summed E-state index contributed by atoms with van der Waals surface area (Å²) in [5.41, 5.74) is 0. The van der Waals surface area contributed by atoms with Crippen LogP contribution in [0.4, 0.5) is 0 Å². The zero-order valence-electron chi connectivity index (χ0n) is 34.9. The summed E-state index contributed by atoms with van der Waals surface area (Å²) in [6.45, 7) is 4.38. The van der Waals surface area contributed by atoms with Gasteiger partial charge in [-0.05, 0) is 77.0 Å². The molecule has 0 radical (unpaired) electrons. The Bertz CT molecular complexity index is 1110. The quantitative estimate of drug-likeness (QED) is 0.0272. The number of hydrogen-bond donors (Lipinski definition) is 0. The summed E-state index contributed by atoms with van der Waals surface area (Å²) >= 11 is 0. The van der Waals surface area contributed by atoms with Gasteiger partial charge in [0.2, 0.25) is 0 Å².